The number of carbonyl (C=O) groups is 1. The van der Waals surface area contributed by atoms with Gasteiger partial charge in [0.05, 0.1) is 4.90 Å². The topological polar surface area (TPSA) is 89.3 Å². The summed E-state index contributed by atoms with van der Waals surface area (Å²) in [4.78, 5) is 12.2. The van der Waals surface area contributed by atoms with Crippen molar-refractivity contribution in [2.75, 3.05) is 4.72 Å². The van der Waals surface area contributed by atoms with Crippen LogP contribution in [0.25, 0.3) is 0 Å². The Bertz CT molecular complexity index is 1140. The van der Waals surface area contributed by atoms with E-state index in [4.69, 9.17) is 0 Å². The third-order valence-corrected chi connectivity index (χ3v) is 5.41. The molecule has 6 nitrogen and oxygen atoms in total. The molecule has 152 valence electrons. The number of halogens is 3. The highest BCUT2D eigenvalue weighted by atomic mass is 32.2. The van der Waals surface area contributed by atoms with Crippen LogP contribution in [-0.2, 0) is 22.6 Å². The molecule has 0 aliphatic carbocycles. The summed E-state index contributed by atoms with van der Waals surface area (Å²) in [6.45, 7) is 1.42. The minimum absolute atomic E-state index is 0.114. The van der Waals surface area contributed by atoms with Crippen LogP contribution in [0.5, 0.6) is 0 Å². The lowest BCUT2D eigenvalue weighted by atomic mass is 10.0. The molecule has 0 amide bonds. The molecule has 0 saturated carbocycles. The summed E-state index contributed by atoms with van der Waals surface area (Å²) >= 11 is 0. The standard InChI is InChI=1S/C19H15F3N2O4S/c1-2-15-17(19(20,21)22)23-28-18(15)24-29(26,27)14-10-6-9-13(11-14)16(25)12-7-4-3-5-8-12/h3-11,24H,2H2,1H3. The maximum absolute atomic E-state index is 13.0. The highest BCUT2D eigenvalue weighted by Gasteiger charge is 2.39. The Balaban J connectivity index is 1.93. The Labute approximate surface area is 164 Å². The van der Waals surface area contributed by atoms with Gasteiger partial charge in [0.2, 0.25) is 5.88 Å². The number of rotatable bonds is 6. The van der Waals surface area contributed by atoms with Gasteiger partial charge < -0.3 is 4.52 Å². The first-order chi connectivity index (χ1) is 13.6. The first-order valence-corrected chi connectivity index (χ1v) is 9.90. The molecular weight excluding hydrogens is 409 g/mol. The second kappa shape index (κ2) is 7.70. The van der Waals surface area contributed by atoms with Gasteiger partial charge in [-0.25, -0.2) is 13.1 Å². The van der Waals surface area contributed by atoms with Crippen molar-refractivity contribution in [2.45, 2.75) is 24.4 Å². The van der Waals surface area contributed by atoms with E-state index < -0.39 is 39.1 Å². The van der Waals surface area contributed by atoms with Crippen LogP contribution in [-0.4, -0.2) is 19.4 Å². The summed E-state index contributed by atoms with van der Waals surface area (Å²) in [5.41, 5.74) is -1.21. The zero-order chi connectivity index (χ0) is 21.2. The van der Waals surface area contributed by atoms with Crippen molar-refractivity contribution < 1.29 is 30.9 Å². The van der Waals surface area contributed by atoms with Crippen LogP contribution in [0, 0.1) is 0 Å². The fourth-order valence-corrected chi connectivity index (χ4v) is 3.74. The van der Waals surface area contributed by atoms with Crippen molar-refractivity contribution in [3.8, 4) is 0 Å². The van der Waals surface area contributed by atoms with Crippen LogP contribution in [0.3, 0.4) is 0 Å². The van der Waals surface area contributed by atoms with Crippen LogP contribution in [0.4, 0.5) is 19.1 Å². The van der Waals surface area contributed by atoms with E-state index in [2.05, 4.69) is 9.68 Å². The van der Waals surface area contributed by atoms with Gasteiger partial charge in [-0.1, -0.05) is 54.5 Å². The molecule has 0 fully saturated rings. The molecule has 2 aromatic carbocycles. The van der Waals surface area contributed by atoms with E-state index in [1.54, 1.807) is 30.3 Å². The third-order valence-electron chi connectivity index (χ3n) is 4.08. The average Bonchev–Trinajstić information content (AvgIpc) is 3.10. The Hall–Kier alpha value is -3.14. The summed E-state index contributed by atoms with van der Waals surface area (Å²) in [5.74, 6) is -1.00. The first kappa shape index (κ1) is 20.6. The zero-order valence-corrected chi connectivity index (χ0v) is 15.8. The Morgan fingerprint density at radius 3 is 2.34 bits per heavy atom. The van der Waals surface area contributed by atoms with Gasteiger partial charge in [0.1, 0.15) is 0 Å². The van der Waals surface area contributed by atoms with Crippen LogP contribution >= 0.6 is 0 Å². The highest BCUT2D eigenvalue weighted by molar-refractivity contribution is 7.92. The number of hydrogen-bond acceptors (Lipinski definition) is 5. The van der Waals surface area contributed by atoms with Gasteiger partial charge in [-0.2, -0.15) is 13.2 Å². The summed E-state index contributed by atoms with van der Waals surface area (Å²) in [6.07, 6.45) is -4.93. The average molecular weight is 424 g/mol. The van der Waals surface area contributed by atoms with E-state index in [0.717, 1.165) is 6.07 Å². The zero-order valence-electron chi connectivity index (χ0n) is 15.0. The highest BCUT2D eigenvalue weighted by Crippen LogP contribution is 2.35. The minimum Gasteiger partial charge on any atom is -0.337 e. The number of aromatic nitrogens is 1. The van der Waals surface area contributed by atoms with Gasteiger partial charge >= 0.3 is 6.18 Å². The molecule has 10 heteroatoms. The third kappa shape index (κ3) is 4.32. The van der Waals surface area contributed by atoms with Crippen molar-refractivity contribution in [1.29, 1.82) is 0 Å². The number of carbonyl (C=O) groups excluding carboxylic acids is 1. The molecule has 0 spiro atoms. The largest absolute Gasteiger partial charge is 0.437 e. The van der Waals surface area contributed by atoms with E-state index in [-0.39, 0.29) is 16.9 Å². The van der Waals surface area contributed by atoms with Gasteiger partial charge in [0.15, 0.2) is 11.5 Å². The molecule has 0 unspecified atom stereocenters. The molecule has 0 radical (unpaired) electrons. The smallest absolute Gasteiger partial charge is 0.337 e. The predicted molar refractivity (Wildman–Crippen MR) is 98.0 cm³/mol. The van der Waals surface area contributed by atoms with E-state index in [1.807, 2.05) is 4.72 Å². The van der Waals surface area contributed by atoms with Crippen molar-refractivity contribution in [1.82, 2.24) is 5.16 Å². The van der Waals surface area contributed by atoms with Crippen molar-refractivity contribution in [3.05, 3.63) is 77.0 Å². The van der Waals surface area contributed by atoms with Gasteiger partial charge in [0.25, 0.3) is 10.0 Å². The number of hydrogen-bond donors (Lipinski definition) is 1. The fraction of sp³-hybridized carbons (Fsp3) is 0.158. The van der Waals surface area contributed by atoms with E-state index in [9.17, 15) is 26.4 Å². The summed E-state index contributed by atoms with van der Waals surface area (Å²) in [7, 11) is -4.32. The summed E-state index contributed by atoms with van der Waals surface area (Å²) in [5, 5.41) is 2.94. The molecule has 1 heterocycles. The molecule has 0 aliphatic rings. The lowest BCUT2D eigenvalue weighted by Crippen LogP contribution is -2.15. The molecule has 1 N–H and O–H groups in total. The van der Waals surface area contributed by atoms with Crippen molar-refractivity contribution in [2.24, 2.45) is 0 Å². The minimum atomic E-state index is -4.78. The molecular formula is C19H15F3N2O4S. The monoisotopic (exact) mass is 424 g/mol. The summed E-state index contributed by atoms with van der Waals surface area (Å²) < 4.78 is 70.8. The second-order valence-corrected chi connectivity index (χ2v) is 7.70. The molecule has 3 aromatic rings. The Morgan fingerprint density at radius 2 is 1.72 bits per heavy atom. The van der Waals surface area contributed by atoms with Gasteiger partial charge in [-0.15, -0.1) is 0 Å². The number of sulfonamides is 1. The van der Waals surface area contributed by atoms with Gasteiger partial charge in [0, 0.05) is 16.7 Å². The lowest BCUT2D eigenvalue weighted by Gasteiger charge is -2.09. The number of benzene rings is 2. The second-order valence-electron chi connectivity index (χ2n) is 6.02. The molecule has 0 saturated heterocycles. The van der Waals surface area contributed by atoms with Crippen LogP contribution < -0.4 is 4.72 Å². The predicted octanol–water partition coefficient (Wildman–Crippen LogP) is 4.29. The maximum Gasteiger partial charge on any atom is 0.437 e. The Kier molecular flexibility index (Phi) is 5.47. The lowest BCUT2D eigenvalue weighted by molar-refractivity contribution is -0.143. The Morgan fingerprint density at radius 1 is 1.07 bits per heavy atom. The summed E-state index contributed by atoms with van der Waals surface area (Å²) in [6, 6.07) is 13.4. The van der Waals surface area contributed by atoms with E-state index >= 15 is 0 Å². The number of alkyl halides is 3. The quantitative estimate of drug-likeness (QED) is 0.597. The number of anilines is 1. The number of nitrogens with zero attached hydrogens (tertiary/aromatic N) is 1. The normalized spacial score (nSPS) is 12.0. The van der Waals surface area contributed by atoms with E-state index in [0.29, 0.717) is 5.56 Å². The molecule has 3 rings (SSSR count). The molecule has 0 atom stereocenters. The van der Waals surface area contributed by atoms with Crippen molar-refractivity contribution in [3.63, 3.8) is 0 Å². The maximum atomic E-state index is 13.0. The molecule has 29 heavy (non-hydrogen) atoms. The van der Waals surface area contributed by atoms with Crippen LogP contribution in [0.1, 0.15) is 34.1 Å². The molecule has 0 aliphatic heterocycles. The fourth-order valence-electron chi connectivity index (χ4n) is 2.68. The number of ketones is 1. The van der Waals surface area contributed by atoms with Crippen molar-refractivity contribution >= 4 is 21.7 Å². The number of nitrogens with one attached hydrogen (secondary N) is 1. The SMILES string of the molecule is CCc1c(C(F)(F)F)noc1NS(=O)(=O)c1cccc(C(=O)c2ccccc2)c1. The van der Waals surface area contributed by atoms with Crippen LogP contribution in [0.15, 0.2) is 64.0 Å². The molecule has 0 bridgehead atoms. The van der Waals surface area contributed by atoms with Gasteiger partial charge in [-0.3, -0.25) is 4.79 Å². The molecule has 1 aromatic heterocycles. The first-order valence-electron chi connectivity index (χ1n) is 8.42. The van der Waals surface area contributed by atoms with Gasteiger partial charge in [-0.05, 0) is 18.6 Å². The van der Waals surface area contributed by atoms with Crippen LogP contribution in [0.2, 0.25) is 0 Å². The van der Waals surface area contributed by atoms with E-state index in [1.165, 1.54) is 25.1 Å².